The lowest BCUT2D eigenvalue weighted by Gasteiger charge is -2.22. The van der Waals surface area contributed by atoms with Crippen LogP contribution in [0.4, 0.5) is 10.1 Å². The van der Waals surface area contributed by atoms with Crippen molar-refractivity contribution in [2.24, 2.45) is 22.2 Å². The SMILES string of the molecule is CC(C)(C)C1=NN(c2ccccc2F)C(=O)C1CCCN. The molecule has 1 heterocycles. The van der Waals surface area contributed by atoms with Crippen molar-refractivity contribution in [2.45, 2.75) is 33.6 Å². The molecule has 1 aromatic carbocycles. The first kappa shape index (κ1) is 15.6. The Labute approximate surface area is 124 Å². The Morgan fingerprint density at radius 1 is 1.33 bits per heavy atom. The second-order valence-corrected chi connectivity index (χ2v) is 6.32. The molecule has 1 unspecified atom stereocenters. The van der Waals surface area contributed by atoms with Gasteiger partial charge in [-0.2, -0.15) is 10.1 Å². The van der Waals surface area contributed by atoms with E-state index in [9.17, 15) is 9.18 Å². The summed E-state index contributed by atoms with van der Waals surface area (Å²) in [5, 5.41) is 5.63. The van der Waals surface area contributed by atoms with Gasteiger partial charge in [-0.3, -0.25) is 4.79 Å². The fourth-order valence-electron chi connectivity index (χ4n) is 2.54. The van der Waals surface area contributed by atoms with Crippen molar-refractivity contribution in [2.75, 3.05) is 11.6 Å². The number of hydrogen-bond acceptors (Lipinski definition) is 3. The summed E-state index contributed by atoms with van der Waals surface area (Å²) in [4.78, 5) is 12.6. The fraction of sp³-hybridized carbons (Fsp3) is 0.500. The molecule has 2 rings (SSSR count). The predicted octanol–water partition coefficient (Wildman–Crippen LogP) is 2.93. The molecule has 0 radical (unpaired) electrons. The van der Waals surface area contributed by atoms with Crippen LogP contribution in [0, 0.1) is 17.2 Å². The maximum absolute atomic E-state index is 13.9. The van der Waals surface area contributed by atoms with Gasteiger partial charge in [0.15, 0.2) is 0 Å². The number of hydrogen-bond donors (Lipinski definition) is 1. The predicted molar refractivity (Wildman–Crippen MR) is 82.6 cm³/mol. The molecule has 0 saturated carbocycles. The Balaban J connectivity index is 2.39. The average Bonchev–Trinajstić information content (AvgIpc) is 2.74. The maximum atomic E-state index is 13.9. The minimum absolute atomic E-state index is 0.168. The van der Waals surface area contributed by atoms with Crippen molar-refractivity contribution >= 4 is 17.3 Å². The van der Waals surface area contributed by atoms with Gasteiger partial charge in [0.1, 0.15) is 11.5 Å². The summed E-state index contributed by atoms with van der Waals surface area (Å²) in [5.41, 5.74) is 6.31. The molecule has 0 fully saturated rings. The lowest BCUT2D eigenvalue weighted by molar-refractivity contribution is -0.120. The van der Waals surface area contributed by atoms with Gasteiger partial charge in [-0.25, -0.2) is 4.39 Å². The molecule has 0 saturated heterocycles. The van der Waals surface area contributed by atoms with Crippen LogP contribution < -0.4 is 10.7 Å². The number of carbonyl (C=O) groups is 1. The smallest absolute Gasteiger partial charge is 0.256 e. The third-order valence-electron chi connectivity index (χ3n) is 3.59. The molecule has 4 nitrogen and oxygen atoms in total. The van der Waals surface area contributed by atoms with Gasteiger partial charge in [-0.05, 0) is 31.5 Å². The van der Waals surface area contributed by atoms with E-state index in [1.807, 2.05) is 20.8 Å². The van der Waals surface area contributed by atoms with E-state index in [0.717, 1.165) is 12.1 Å². The van der Waals surface area contributed by atoms with Crippen molar-refractivity contribution < 1.29 is 9.18 Å². The van der Waals surface area contributed by atoms with Crippen LogP contribution in [0.3, 0.4) is 0 Å². The molecule has 0 aromatic heterocycles. The lowest BCUT2D eigenvalue weighted by atomic mass is 9.80. The van der Waals surface area contributed by atoms with Crippen LogP contribution in [0.15, 0.2) is 29.4 Å². The van der Waals surface area contributed by atoms with Crippen LogP contribution in [0.1, 0.15) is 33.6 Å². The third kappa shape index (κ3) is 3.13. The van der Waals surface area contributed by atoms with Crippen molar-refractivity contribution in [1.29, 1.82) is 0 Å². The van der Waals surface area contributed by atoms with Gasteiger partial charge < -0.3 is 5.73 Å². The van der Waals surface area contributed by atoms with Crippen LogP contribution in [0.25, 0.3) is 0 Å². The summed E-state index contributed by atoms with van der Waals surface area (Å²) in [6, 6.07) is 6.20. The number of amides is 1. The summed E-state index contributed by atoms with van der Waals surface area (Å²) < 4.78 is 13.9. The van der Waals surface area contributed by atoms with Crippen molar-refractivity contribution in [3.05, 3.63) is 30.1 Å². The van der Waals surface area contributed by atoms with Gasteiger partial charge in [0, 0.05) is 5.41 Å². The molecule has 0 bridgehead atoms. The Morgan fingerprint density at radius 3 is 2.57 bits per heavy atom. The van der Waals surface area contributed by atoms with E-state index in [4.69, 9.17) is 5.73 Å². The first-order valence-electron chi connectivity index (χ1n) is 7.24. The maximum Gasteiger partial charge on any atom is 0.256 e. The molecule has 1 atom stereocenters. The first-order chi connectivity index (χ1) is 9.86. The molecule has 0 aliphatic carbocycles. The van der Waals surface area contributed by atoms with E-state index in [-0.39, 0.29) is 22.9 Å². The quantitative estimate of drug-likeness (QED) is 0.927. The van der Waals surface area contributed by atoms with E-state index in [2.05, 4.69) is 5.10 Å². The number of hydrazone groups is 1. The summed E-state index contributed by atoms with van der Waals surface area (Å²) in [7, 11) is 0. The number of rotatable bonds is 4. The van der Waals surface area contributed by atoms with Crippen molar-refractivity contribution in [3.63, 3.8) is 0 Å². The van der Waals surface area contributed by atoms with Crippen LogP contribution in [0.5, 0.6) is 0 Å². The lowest BCUT2D eigenvalue weighted by Crippen LogP contribution is -2.32. The molecular weight excluding hydrogens is 269 g/mol. The summed E-state index contributed by atoms with van der Waals surface area (Å²) in [5.74, 6) is -0.922. The van der Waals surface area contributed by atoms with E-state index in [1.54, 1.807) is 18.2 Å². The van der Waals surface area contributed by atoms with Gasteiger partial charge in [0.25, 0.3) is 5.91 Å². The largest absolute Gasteiger partial charge is 0.330 e. The van der Waals surface area contributed by atoms with Crippen LogP contribution in [-0.2, 0) is 4.79 Å². The zero-order chi connectivity index (χ0) is 15.6. The second kappa shape index (κ2) is 5.93. The Hall–Kier alpha value is -1.75. The van der Waals surface area contributed by atoms with Crippen LogP contribution >= 0.6 is 0 Å². The molecule has 1 aliphatic rings. The van der Waals surface area contributed by atoms with Crippen molar-refractivity contribution in [1.82, 2.24) is 0 Å². The fourth-order valence-corrected chi connectivity index (χ4v) is 2.54. The Morgan fingerprint density at radius 2 is 2.00 bits per heavy atom. The highest BCUT2D eigenvalue weighted by molar-refractivity contribution is 6.17. The molecule has 0 spiro atoms. The highest BCUT2D eigenvalue weighted by Crippen LogP contribution is 2.34. The number of para-hydroxylation sites is 1. The average molecular weight is 291 g/mol. The Kier molecular flexibility index (Phi) is 4.42. The zero-order valence-electron chi connectivity index (χ0n) is 12.8. The van der Waals surface area contributed by atoms with E-state index in [1.165, 1.54) is 11.1 Å². The molecule has 2 N–H and O–H groups in total. The van der Waals surface area contributed by atoms with E-state index >= 15 is 0 Å². The number of benzene rings is 1. The molecular formula is C16H22FN3O. The zero-order valence-corrected chi connectivity index (χ0v) is 12.8. The third-order valence-corrected chi connectivity index (χ3v) is 3.59. The minimum atomic E-state index is -0.442. The highest BCUT2D eigenvalue weighted by atomic mass is 19.1. The monoisotopic (exact) mass is 291 g/mol. The number of nitrogens with zero attached hydrogens (tertiary/aromatic N) is 2. The van der Waals surface area contributed by atoms with Gasteiger partial charge in [0.2, 0.25) is 0 Å². The summed E-state index contributed by atoms with van der Waals surface area (Å²) in [6.45, 7) is 6.57. The van der Waals surface area contributed by atoms with Crippen molar-refractivity contribution in [3.8, 4) is 0 Å². The van der Waals surface area contributed by atoms with Gasteiger partial charge in [-0.1, -0.05) is 32.9 Å². The number of anilines is 1. The minimum Gasteiger partial charge on any atom is -0.330 e. The molecule has 5 heteroatoms. The normalized spacial score (nSPS) is 19.1. The number of carbonyl (C=O) groups excluding carboxylic acids is 1. The van der Waals surface area contributed by atoms with Gasteiger partial charge in [-0.15, -0.1) is 0 Å². The molecule has 1 aromatic rings. The molecule has 21 heavy (non-hydrogen) atoms. The van der Waals surface area contributed by atoms with Crippen LogP contribution in [0.2, 0.25) is 0 Å². The topological polar surface area (TPSA) is 58.7 Å². The van der Waals surface area contributed by atoms with Crippen LogP contribution in [-0.4, -0.2) is 18.2 Å². The standard InChI is InChI=1S/C16H22FN3O/c1-16(2,3)14-11(7-6-10-18)15(21)20(19-14)13-9-5-4-8-12(13)17/h4-5,8-9,11H,6-7,10,18H2,1-3H3. The second-order valence-electron chi connectivity index (χ2n) is 6.32. The van der Waals surface area contributed by atoms with E-state index in [0.29, 0.717) is 13.0 Å². The Bertz CT molecular complexity index is 563. The number of halogens is 1. The summed E-state index contributed by atoms with van der Waals surface area (Å²) in [6.07, 6.45) is 1.40. The van der Waals surface area contributed by atoms with E-state index < -0.39 is 5.82 Å². The molecule has 1 aliphatic heterocycles. The summed E-state index contributed by atoms with van der Waals surface area (Å²) >= 11 is 0. The van der Waals surface area contributed by atoms with Gasteiger partial charge in [0.05, 0.1) is 11.6 Å². The van der Waals surface area contributed by atoms with Gasteiger partial charge >= 0.3 is 0 Å². The highest BCUT2D eigenvalue weighted by Gasteiger charge is 2.41. The number of nitrogens with two attached hydrogens (primary N) is 1. The molecule has 1 amide bonds. The first-order valence-corrected chi connectivity index (χ1v) is 7.24. The molecule has 114 valence electrons.